The van der Waals surface area contributed by atoms with Gasteiger partial charge in [-0.2, -0.15) is 0 Å². The molecule has 0 radical (unpaired) electrons. The van der Waals surface area contributed by atoms with Crippen molar-refractivity contribution in [3.63, 3.8) is 0 Å². The molecule has 1 aromatic carbocycles. The Morgan fingerprint density at radius 1 is 1.11 bits per heavy atom. The summed E-state index contributed by atoms with van der Waals surface area (Å²) in [5.41, 5.74) is 3.15. The lowest BCUT2D eigenvalue weighted by atomic mass is 9.75. The average Bonchev–Trinajstić information content (AvgIpc) is 3.36. The van der Waals surface area contributed by atoms with Crippen LogP contribution in [0.25, 0.3) is 5.69 Å². The fourth-order valence-electron chi connectivity index (χ4n) is 4.51. The van der Waals surface area contributed by atoms with E-state index in [1.165, 1.54) is 4.88 Å². The summed E-state index contributed by atoms with van der Waals surface area (Å²) in [5, 5.41) is 8.69. The van der Waals surface area contributed by atoms with Crippen molar-refractivity contribution in [3.05, 3.63) is 79.9 Å². The van der Waals surface area contributed by atoms with E-state index in [4.69, 9.17) is 0 Å². The number of hydrogen-bond donors (Lipinski definition) is 2. The molecule has 3 heterocycles. The Labute approximate surface area is 166 Å². The first kappa shape index (κ1) is 17.3. The SMILES string of the molecule is CC[C@@H]1C2=C(C[C@@H](c3cccs3)CC2=O)Nc2[nH]n(-c3ccccc3)c(=O)c21. The number of aromatic amines is 1. The summed E-state index contributed by atoms with van der Waals surface area (Å²) in [6.45, 7) is 2.04. The fraction of sp³-hybridized carbons (Fsp3) is 0.273. The van der Waals surface area contributed by atoms with E-state index in [0.717, 1.165) is 35.6 Å². The number of carbonyl (C=O) groups excluding carboxylic acids is 1. The van der Waals surface area contributed by atoms with Gasteiger partial charge in [-0.25, -0.2) is 4.68 Å². The largest absolute Gasteiger partial charge is 0.343 e. The predicted molar refractivity (Wildman–Crippen MR) is 111 cm³/mol. The van der Waals surface area contributed by atoms with Crippen molar-refractivity contribution >= 4 is 22.9 Å². The number of carbonyl (C=O) groups is 1. The third-order valence-electron chi connectivity index (χ3n) is 5.78. The molecule has 0 fully saturated rings. The number of anilines is 1. The number of benzene rings is 1. The minimum absolute atomic E-state index is 0.0831. The topological polar surface area (TPSA) is 66.9 Å². The highest BCUT2D eigenvalue weighted by Crippen LogP contribution is 2.45. The van der Waals surface area contributed by atoms with Gasteiger partial charge in [0.05, 0.1) is 11.3 Å². The minimum Gasteiger partial charge on any atom is -0.343 e. The van der Waals surface area contributed by atoms with Gasteiger partial charge in [0, 0.05) is 34.4 Å². The molecule has 2 atom stereocenters. The van der Waals surface area contributed by atoms with Crippen molar-refractivity contribution in [1.29, 1.82) is 0 Å². The lowest BCUT2D eigenvalue weighted by molar-refractivity contribution is -0.116. The van der Waals surface area contributed by atoms with Gasteiger partial charge in [-0.05, 0) is 36.4 Å². The van der Waals surface area contributed by atoms with Gasteiger partial charge in [-0.3, -0.25) is 14.7 Å². The van der Waals surface area contributed by atoms with Gasteiger partial charge >= 0.3 is 0 Å². The van der Waals surface area contributed by atoms with Gasteiger partial charge in [0.2, 0.25) is 0 Å². The number of H-pyrrole nitrogens is 1. The molecule has 0 bridgehead atoms. The summed E-state index contributed by atoms with van der Waals surface area (Å²) in [6.07, 6.45) is 2.05. The van der Waals surface area contributed by atoms with Crippen LogP contribution in [0.4, 0.5) is 5.82 Å². The number of aromatic nitrogens is 2. The lowest BCUT2D eigenvalue weighted by Gasteiger charge is -2.33. The van der Waals surface area contributed by atoms with Crippen LogP contribution >= 0.6 is 11.3 Å². The summed E-state index contributed by atoms with van der Waals surface area (Å²) >= 11 is 1.70. The zero-order valence-electron chi connectivity index (χ0n) is 15.6. The third-order valence-corrected chi connectivity index (χ3v) is 6.81. The Hall–Kier alpha value is -2.86. The Morgan fingerprint density at radius 3 is 2.64 bits per heavy atom. The van der Waals surface area contributed by atoms with Crippen LogP contribution in [-0.4, -0.2) is 15.6 Å². The van der Waals surface area contributed by atoms with Crippen molar-refractivity contribution in [1.82, 2.24) is 9.78 Å². The third kappa shape index (κ3) is 2.59. The summed E-state index contributed by atoms with van der Waals surface area (Å²) in [6, 6.07) is 13.7. The Bertz CT molecular complexity index is 1120. The van der Waals surface area contributed by atoms with E-state index in [1.807, 2.05) is 43.3 Å². The average molecular weight is 391 g/mol. The highest BCUT2D eigenvalue weighted by Gasteiger charge is 2.39. The van der Waals surface area contributed by atoms with Crippen molar-refractivity contribution in [2.45, 2.75) is 38.0 Å². The zero-order chi connectivity index (χ0) is 19.3. The first-order valence-electron chi connectivity index (χ1n) is 9.64. The number of Topliss-reactive ketones (excluding diaryl/α,β-unsaturated/α-hetero) is 1. The number of rotatable bonds is 3. The molecule has 0 unspecified atom stereocenters. The smallest absolute Gasteiger partial charge is 0.277 e. The maximum Gasteiger partial charge on any atom is 0.277 e. The van der Waals surface area contributed by atoms with E-state index >= 15 is 0 Å². The molecule has 6 heteroatoms. The molecule has 28 heavy (non-hydrogen) atoms. The summed E-state index contributed by atoms with van der Waals surface area (Å²) < 4.78 is 1.57. The van der Waals surface area contributed by atoms with Gasteiger partial charge < -0.3 is 5.32 Å². The van der Waals surface area contributed by atoms with Crippen LogP contribution < -0.4 is 10.9 Å². The fourth-order valence-corrected chi connectivity index (χ4v) is 5.34. The van der Waals surface area contributed by atoms with Crippen molar-refractivity contribution < 1.29 is 4.79 Å². The number of fused-ring (bicyclic) bond motifs is 1. The van der Waals surface area contributed by atoms with Crippen molar-refractivity contribution in [2.75, 3.05) is 5.32 Å². The number of para-hydroxylation sites is 1. The molecule has 0 spiro atoms. The quantitative estimate of drug-likeness (QED) is 0.688. The molecule has 2 N–H and O–H groups in total. The highest BCUT2D eigenvalue weighted by molar-refractivity contribution is 7.10. The van der Waals surface area contributed by atoms with Crippen LogP contribution in [0.1, 0.15) is 48.5 Å². The Balaban J connectivity index is 1.59. The molecule has 5 rings (SSSR count). The van der Waals surface area contributed by atoms with Crippen molar-refractivity contribution in [2.24, 2.45) is 0 Å². The summed E-state index contributed by atoms with van der Waals surface area (Å²) in [4.78, 5) is 27.5. The lowest BCUT2D eigenvalue weighted by Crippen LogP contribution is -2.31. The maximum atomic E-state index is 13.2. The Morgan fingerprint density at radius 2 is 1.93 bits per heavy atom. The molecule has 1 aliphatic carbocycles. The molecular formula is C22H21N3O2S. The first-order valence-corrected chi connectivity index (χ1v) is 10.5. The van der Waals surface area contributed by atoms with Crippen LogP contribution in [0, 0.1) is 0 Å². The van der Waals surface area contributed by atoms with E-state index in [2.05, 4.69) is 21.9 Å². The second kappa shape index (κ2) is 6.63. The number of nitrogens with zero attached hydrogens (tertiary/aromatic N) is 1. The number of hydrogen-bond acceptors (Lipinski definition) is 4. The normalized spacial score (nSPS) is 21.2. The van der Waals surface area contributed by atoms with Gasteiger partial charge in [0.15, 0.2) is 5.78 Å². The predicted octanol–water partition coefficient (Wildman–Crippen LogP) is 4.55. The first-order chi connectivity index (χ1) is 13.7. The van der Waals surface area contributed by atoms with Crippen LogP contribution in [0.5, 0.6) is 0 Å². The number of nitrogens with one attached hydrogen (secondary N) is 2. The molecule has 0 saturated carbocycles. The van der Waals surface area contributed by atoms with Crippen LogP contribution in [0.15, 0.2) is 63.9 Å². The molecule has 2 aliphatic rings. The second-order valence-corrected chi connectivity index (χ2v) is 8.38. The van der Waals surface area contributed by atoms with E-state index < -0.39 is 0 Å². The molecular weight excluding hydrogens is 370 g/mol. The summed E-state index contributed by atoms with van der Waals surface area (Å²) in [7, 11) is 0. The van der Waals surface area contributed by atoms with Crippen LogP contribution in [-0.2, 0) is 4.79 Å². The van der Waals surface area contributed by atoms with Crippen molar-refractivity contribution in [3.8, 4) is 5.69 Å². The van der Waals surface area contributed by atoms with E-state index in [1.54, 1.807) is 16.0 Å². The van der Waals surface area contributed by atoms with E-state index in [-0.39, 0.29) is 23.2 Å². The number of thiophene rings is 1. The maximum absolute atomic E-state index is 13.2. The molecule has 0 saturated heterocycles. The molecule has 2 aromatic heterocycles. The monoisotopic (exact) mass is 391 g/mol. The summed E-state index contributed by atoms with van der Waals surface area (Å²) in [5.74, 6) is 0.938. The number of ketones is 1. The number of allylic oxidation sites excluding steroid dienone is 2. The molecule has 142 valence electrons. The van der Waals surface area contributed by atoms with Gasteiger partial charge in [0.25, 0.3) is 5.56 Å². The molecule has 1 aliphatic heterocycles. The van der Waals surface area contributed by atoms with E-state index in [0.29, 0.717) is 12.0 Å². The standard InChI is InChI=1S/C22H21N3O2S/c1-2-15-19-16(11-13(12-17(19)26)18-9-6-10-28-18)23-21-20(15)22(27)25(24-21)14-7-4-3-5-8-14/h3-10,13,15,23-24H,2,11-12H2,1H3/t13-,15-/m1/s1. The minimum atomic E-state index is -0.156. The molecule has 5 nitrogen and oxygen atoms in total. The zero-order valence-corrected chi connectivity index (χ0v) is 16.4. The van der Waals surface area contributed by atoms with Crippen LogP contribution in [0.3, 0.4) is 0 Å². The Kier molecular flexibility index (Phi) is 4.09. The van der Waals surface area contributed by atoms with Gasteiger partial charge in [-0.15, -0.1) is 11.3 Å². The van der Waals surface area contributed by atoms with E-state index in [9.17, 15) is 9.59 Å². The van der Waals surface area contributed by atoms with Crippen LogP contribution in [0.2, 0.25) is 0 Å². The van der Waals surface area contributed by atoms with Gasteiger partial charge in [0.1, 0.15) is 5.82 Å². The molecule has 3 aromatic rings. The highest BCUT2D eigenvalue weighted by atomic mass is 32.1. The molecule has 0 amide bonds. The van der Waals surface area contributed by atoms with Gasteiger partial charge in [-0.1, -0.05) is 31.2 Å². The second-order valence-electron chi connectivity index (χ2n) is 7.40.